The minimum absolute atomic E-state index is 0.0353. The van der Waals surface area contributed by atoms with E-state index < -0.39 is 0 Å². The van der Waals surface area contributed by atoms with E-state index in [9.17, 15) is 15.2 Å². The molecule has 0 saturated heterocycles. The molecule has 0 amide bonds. The maximum absolute atomic E-state index is 11.4. The molecule has 1 unspecified atom stereocenters. The van der Waals surface area contributed by atoms with Crippen LogP contribution in [0.25, 0.3) is 21.8 Å². The molecule has 2 aromatic heterocycles. The molecular formula is C25H21N3O4. The highest BCUT2D eigenvalue weighted by Crippen LogP contribution is 2.41. The Balaban J connectivity index is 1.82. The number of fused-ring (bicyclic) bond motifs is 2. The first-order valence-electron chi connectivity index (χ1n) is 10.2. The van der Waals surface area contributed by atoms with Gasteiger partial charge in [-0.1, -0.05) is 24.3 Å². The Morgan fingerprint density at radius 1 is 0.938 bits per heavy atom. The van der Waals surface area contributed by atoms with Crippen molar-refractivity contribution in [3.8, 4) is 5.75 Å². The largest absolute Gasteiger partial charge is 0.497 e. The van der Waals surface area contributed by atoms with Gasteiger partial charge in [-0.05, 0) is 46.5 Å². The van der Waals surface area contributed by atoms with Crippen LogP contribution in [0.1, 0.15) is 28.2 Å². The van der Waals surface area contributed by atoms with Gasteiger partial charge in [0.1, 0.15) is 5.75 Å². The second kappa shape index (κ2) is 7.86. The molecule has 0 fully saturated rings. The van der Waals surface area contributed by atoms with Crippen molar-refractivity contribution >= 4 is 27.5 Å². The van der Waals surface area contributed by atoms with Crippen LogP contribution in [0.15, 0.2) is 73.1 Å². The van der Waals surface area contributed by atoms with Gasteiger partial charge in [0.15, 0.2) is 0 Å². The molecular weight excluding hydrogens is 406 g/mol. The van der Waals surface area contributed by atoms with Gasteiger partial charge < -0.3 is 19.8 Å². The average Bonchev–Trinajstić information content (AvgIpc) is 3.43. The van der Waals surface area contributed by atoms with Crippen LogP contribution in [0.5, 0.6) is 5.75 Å². The first kappa shape index (κ1) is 19.8. The fourth-order valence-corrected chi connectivity index (χ4v) is 4.43. The van der Waals surface area contributed by atoms with Gasteiger partial charge in [0.05, 0.1) is 18.6 Å². The highest BCUT2D eigenvalue weighted by molar-refractivity contribution is 5.90. The minimum atomic E-state index is -0.385. The number of aromatic amines is 2. The number of nitrogens with one attached hydrogen (secondary N) is 2. The molecule has 7 nitrogen and oxygen atoms in total. The molecule has 160 valence electrons. The summed E-state index contributed by atoms with van der Waals surface area (Å²) in [5.74, 6) is 0.470. The molecule has 2 heterocycles. The van der Waals surface area contributed by atoms with E-state index in [0.29, 0.717) is 0 Å². The molecule has 0 spiro atoms. The molecule has 0 aliphatic heterocycles. The second-order valence-electron chi connectivity index (χ2n) is 7.68. The third kappa shape index (κ3) is 3.19. The van der Waals surface area contributed by atoms with Gasteiger partial charge in [-0.25, -0.2) is 0 Å². The summed E-state index contributed by atoms with van der Waals surface area (Å²) in [5.41, 5.74) is 5.43. The number of aromatic nitrogens is 2. The van der Waals surface area contributed by atoms with E-state index in [1.807, 2.05) is 54.9 Å². The molecule has 5 rings (SSSR count). The number of rotatable bonds is 6. The van der Waals surface area contributed by atoms with E-state index in [4.69, 9.17) is 4.74 Å². The van der Waals surface area contributed by atoms with Gasteiger partial charge in [-0.2, -0.15) is 0 Å². The molecule has 3 N–H and O–H groups in total. The lowest BCUT2D eigenvalue weighted by Crippen LogP contribution is -2.06. The molecule has 0 aliphatic carbocycles. The normalized spacial score (nSPS) is 12.3. The number of benzene rings is 3. The lowest BCUT2D eigenvalue weighted by molar-refractivity contribution is -0.384. The van der Waals surface area contributed by atoms with Crippen LogP contribution in [0.2, 0.25) is 0 Å². The van der Waals surface area contributed by atoms with Gasteiger partial charge in [-0.15, -0.1) is 0 Å². The third-order valence-corrected chi connectivity index (χ3v) is 5.99. The maximum Gasteiger partial charge on any atom is 0.270 e. The fraction of sp³-hybridized carbons (Fsp3) is 0.120. The molecule has 1 atom stereocenters. The second-order valence-corrected chi connectivity index (χ2v) is 7.68. The van der Waals surface area contributed by atoms with Crippen molar-refractivity contribution in [2.75, 3.05) is 7.11 Å². The molecule has 0 saturated carbocycles. The third-order valence-electron chi connectivity index (χ3n) is 5.99. The van der Waals surface area contributed by atoms with Crippen molar-refractivity contribution < 1.29 is 14.8 Å². The number of nitro groups is 1. The molecule has 32 heavy (non-hydrogen) atoms. The van der Waals surface area contributed by atoms with Crippen molar-refractivity contribution in [3.63, 3.8) is 0 Å². The number of hydrogen-bond acceptors (Lipinski definition) is 4. The monoisotopic (exact) mass is 427 g/mol. The molecule has 0 aliphatic rings. The quantitative estimate of drug-likeness (QED) is 0.255. The smallest absolute Gasteiger partial charge is 0.270 e. The van der Waals surface area contributed by atoms with Crippen LogP contribution in [-0.4, -0.2) is 27.1 Å². The summed E-state index contributed by atoms with van der Waals surface area (Å²) >= 11 is 0. The Hall–Kier alpha value is -4.10. The Morgan fingerprint density at radius 3 is 2.25 bits per heavy atom. The summed E-state index contributed by atoms with van der Waals surface area (Å²) < 4.78 is 5.45. The van der Waals surface area contributed by atoms with E-state index in [1.54, 1.807) is 19.2 Å². The van der Waals surface area contributed by atoms with Gasteiger partial charge in [0, 0.05) is 52.3 Å². The number of ether oxygens (including phenoxy) is 1. The number of H-pyrrole nitrogens is 2. The van der Waals surface area contributed by atoms with Crippen LogP contribution in [-0.2, 0) is 6.61 Å². The topological polar surface area (TPSA) is 104 Å². The zero-order chi connectivity index (χ0) is 22.2. The predicted octanol–water partition coefficient (Wildman–Crippen LogP) is 5.24. The number of nitro benzene ring substituents is 1. The number of methoxy groups -OCH3 is 1. The molecule has 5 aromatic rings. The van der Waals surface area contributed by atoms with Crippen molar-refractivity contribution in [3.05, 3.63) is 105 Å². The summed E-state index contributed by atoms with van der Waals surface area (Å²) in [6, 6.07) is 18.4. The van der Waals surface area contributed by atoms with Crippen molar-refractivity contribution in [1.82, 2.24) is 9.97 Å². The van der Waals surface area contributed by atoms with Crippen molar-refractivity contribution in [2.24, 2.45) is 0 Å². The number of hydrogen-bond donors (Lipinski definition) is 3. The Morgan fingerprint density at radius 2 is 1.59 bits per heavy atom. The van der Waals surface area contributed by atoms with Gasteiger partial charge in [0.2, 0.25) is 0 Å². The number of aliphatic hydroxyl groups excluding tert-OH is 1. The lowest BCUT2D eigenvalue weighted by Gasteiger charge is -2.20. The Kier molecular flexibility index (Phi) is 4.88. The zero-order valence-corrected chi connectivity index (χ0v) is 17.3. The van der Waals surface area contributed by atoms with Crippen molar-refractivity contribution in [2.45, 2.75) is 12.5 Å². The molecule has 7 heteroatoms. The van der Waals surface area contributed by atoms with Crippen LogP contribution in [0, 0.1) is 10.1 Å². The van der Waals surface area contributed by atoms with E-state index in [-0.39, 0.29) is 23.1 Å². The summed E-state index contributed by atoms with van der Waals surface area (Å²) in [6.07, 6.45) is 3.85. The number of nitrogens with zero attached hydrogens (tertiary/aromatic N) is 1. The summed E-state index contributed by atoms with van der Waals surface area (Å²) in [5, 5.41) is 23.3. The van der Waals surface area contributed by atoms with Gasteiger partial charge in [-0.3, -0.25) is 10.1 Å². The van der Waals surface area contributed by atoms with E-state index in [2.05, 4.69) is 9.97 Å². The zero-order valence-electron chi connectivity index (χ0n) is 17.3. The number of aliphatic hydroxyl groups is 1. The van der Waals surface area contributed by atoms with Gasteiger partial charge >= 0.3 is 0 Å². The maximum atomic E-state index is 11.4. The van der Waals surface area contributed by atoms with Crippen LogP contribution in [0.4, 0.5) is 5.69 Å². The Bertz CT molecular complexity index is 1450. The minimum Gasteiger partial charge on any atom is -0.497 e. The van der Waals surface area contributed by atoms with E-state index in [1.165, 1.54) is 6.07 Å². The Labute approximate surface area is 183 Å². The standard InChI is InChI=1S/C25H21N3O4/c1-32-17-7-9-24-20(11-17)22(13-27-24)25(18-5-3-2-4-15(18)14-29)21-12-26-23-8-6-16(28(30)31)10-19(21)23/h2-13,25-27,29H,14H2,1H3. The lowest BCUT2D eigenvalue weighted by atomic mass is 9.82. The highest BCUT2D eigenvalue weighted by atomic mass is 16.6. The van der Waals surface area contributed by atoms with E-state index >= 15 is 0 Å². The highest BCUT2D eigenvalue weighted by Gasteiger charge is 2.26. The number of non-ortho nitro benzene ring substituents is 1. The van der Waals surface area contributed by atoms with Crippen molar-refractivity contribution in [1.29, 1.82) is 0 Å². The first-order chi connectivity index (χ1) is 15.6. The first-order valence-corrected chi connectivity index (χ1v) is 10.2. The van der Waals surface area contributed by atoms with Crippen LogP contribution < -0.4 is 4.74 Å². The predicted molar refractivity (Wildman–Crippen MR) is 123 cm³/mol. The van der Waals surface area contributed by atoms with Crippen LogP contribution in [0.3, 0.4) is 0 Å². The van der Waals surface area contributed by atoms with E-state index in [0.717, 1.165) is 49.8 Å². The molecule has 0 bridgehead atoms. The van der Waals surface area contributed by atoms with Gasteiger partial charge in [0.25, 0.3) is 5.69 Å². The summed E-state index contributed by atoms with van der Waals surface area (Å²) in [7, 11) is 1.63. The molecule has 3 aromatic carbocycles. The average molecular weight is 427 g/mol. The molecule has 0 radical (unpaired) electrons. The SMILES string of the molecule is COc1ccc2[nH]cc(C(c3ccccc3CO)c3c[nH]c4ccc([N+](=O)[O-])cc34)c2c1. The summed E-state index contributed by atoms with van der Waals surface area (Å²) in [6.45, 7) is -0.110. The summed E-state index contributed by atoms with van der Waals surface area (Å²) in [4.78, 5) is 17.6. The van der Waals surface area contributed by atoms with Crippen LogP contribution >= 0.6 is 0 Å². The fourth-order valence-electron chi connectivity index (χ4n) is 4.43.